The first-order valence-electron chi connectivity index (χ1n) is 25.8. The molecule has 1 aliphatic heterocycles. The molecule has 1 aliphatic rings. The van der Waals surface area contributed by atoms with E-state index in [1.54, 1.807) is 17.7 Å². The smallest absolute Gasteiger partial charge is 0.153 e. The number of allylic oxidation sites excluding steroid dienone is 1. The molecule has 0 spiro atoms. The third kappa shape index (κ3) is 64.1. The van der Waals surface area contributed by atoms with E-state index < -0.39 is 83.6 Å². The third-order valence-electron chi connectivity index (χ3n) is 12.3. The second-order valence-corrected chi connectivity index (χ2v) is 74.2. The first-order valence-corrected chi connectivity index (χ1v) is 61.7. The molecule has 0 radical (unpaired) electrons. The Balaban J connectivity index is -0.0000000702. The normalized spacial score (nSPS) is 15.7. The summed E-state index contributed by atoms with van der Waals surface area (Å²) in [5.41, 5.74) is 0. The van der Waals surface area contributed by atoms with E-state index in [2.05, 4.69) is 115 Å². The zero-order valence-corrected chi connectivity index (χ0v) is 64.4. The molecule has 69 heavy (non-hydrogen) atoms. The van der Waals surface area contributed by atoms with Gasteiger partial charge in [-0.2, -0.15) is 39.6 Å². The summed E-state index contributed by atoms with van der Waals surface area (Å²) in [7, 11) is -3.30. The van der Waals surface area contributed by atoms with Gasteiger partial charge in [-0.05, 0) is 0 Å². The van der Waals surface area contributed by atoms with Crippen LogP contribution in [0.25, 0.3) is 0 Å². The summed E-state index contributed by atoms with van der Waals surface area (Å²) in [6, 6.07) is 0. The average molecular weight is 1510 g/mol. The average Bonchev–Trinajstić information content (AvgIpc) is 3.22. The number of likely N-dealkylation sites (tertiary alicyclic amines) is 1. The maximum Gasteiger partial charge on any atom is -0.153 e. The fourth-order valence-electron chi connectivity index (χ4n) is 8.64. The fourth-order valence-corrected chi connectivity index (χ4v) is 50.0. The summed E-state index contributed by atoms with van der Waals surface area (Å²) >= 11 is -7.50. The molecule has 0 bridgehead atoms. The first-order chi connectivity index (χ1) is 28.9. The predicted molar refractivity (Wildman–Crippen MR) is 362 cm³/mol. The molecule has 0 aromatic heterocycles. The Labute approximate surface area is 470 Å². The van der Waals surface area contributed by atoms with Gasteiger partial charge in [0.15, 0.2) is 0 Å². The third-order valence-corrected chi connectivity index (χ3v) is 60.6. The van der Waals surface area contributed by atoms with Crippen LogP contribution in [0.5, 0.6) is 0 Å². The van der Waals surface area contributed by atoms with Gasteiger partial charge < -0.3 is 0 Å². The Morgan fingerprint density at radius 1 is 0.464 bits per heavy atom. The Morgan fingerprint density at radius 3 is 1.04 bits per heavy atom. The first kappa shape index (κ1) is 98.2. The minimum absolute atomic E-state index is 0. The number of rotatable bonds is 31. The van der Waals surface area contributed by atoms with Crippen LogP contribution in [0.3, 0.4) is 0 Å². The molecular formula is C55H137NO4P4SSn4. The van der Waals surface area contributed by atoms with Crippen LogP contribution in [0.1, 0.15) is 195 Å². The monoisotopic (exact) mass is 1510 g/mol. The van der Waals surface area contributed by atoms with Gasteiger partial charge >= 0.3 is 406 Å². The molecule has 1 fully saturated rings. The van der Waals surface area contributed by atoms with Crippen LogP contribution in [0.4, 0.5) is 0 Å². The number of aliphatic hydroxyl groups is 1. The van der Waals surface area contributed by atoms with E-state index in [1.165, 1.54) is 140 Å². The number of piperidine rings is 1. The molecular weight excluding hydrogens is 1370 g/mol. The fraction of sp³-hybridized carbons (Fsp3) is 0.855. The van der Waals surface area contributed by atoms with Crippen LogP contribution in [-0.2, 0) is 14.3 Å². The van der Waals surface area contributed by atoms with Crippen molar-refractivity contribution in [1.82, 2.24) is 4.90 Å². The maximum absolute atomic E-state index is 10.8. The van der Waals surface area contributed by atoms with Crippen molar-refractivity contribution in [3.05, 3.63) is 40.7 Å². The van der Waals surface area contributed by atoms with Gasteiger partial charge in [0.2, 0.25) is 0 Å². The molecule has 0 saturated carbocycles. The quantitative estimate of drug-likeness (QED) is 0.0426. The molecule has 1 saturated heterocycles. The summed E-state index contributed by atoms with van der Waals surface area (Å²) in [5.74, 6) is 0. The summed E-state index contributed by atoms with van der Waals surface area (Å²) in [4.78, 5) is 12.8. The van der Waals surface area contributed by atoms with E-state index in [1.807, 2.05) is 12.2 Å². The van der Waals surface area contributed by atoms with Crippen molar-refractivity contribution >= 4 is 123 Å². The Kier molecular flexibility index (Phi) is 91.4. The van der Waals surface area contributed by atoms with Gasteiger partial charge in [0.05, 0.1) is 0 Å². The van der Waals surface area contributed by atoms with E-state index >= 15 is 0 Å². The molecule has 0 amide bonds. The summed E-state index contributed by atoms with van der Waals surface area (Å²) in [5, 5.41) is 8.77. The maximum atomic E-state index is 10.8. The molecule has 1 heterocycles. The second-order valence-electron chi connectivity index (χ2n) is 19.6. The van der Waals surface area contributed by atoms with Crippen molar-refractivity contribution < 1.29 is 17.7 Å². The predicted octanol–water partition coefficient (Wildman–Crippen LogP) is 19.1. The zero-order valence-electron chi connectivity index (χ0n) is 46.5. The van der Waals surface area contributed by atoms with Crippen molar-refractivity contribution in [2.24, 2.45) is 0 Å². The van der Waals surface area contributed by atoms with Crippen molar-refractivity contribution in [3.8, 4) is 0 Å². The SMILES string of the molecule is C.C.C.C.CC/C=[CH]/[Sn]([CH3])([CH2]CC)[CH2]CCC.CCC[CH2][Sn]([CH3])(/[CH]=C/CN1CCCCC1)[CH2]CC.CCC[CH2][Sn]([CH3])(/[CH]=C/CO)[CH2]CC.CCC[CH2][Sn]([CH3])(/[CH]=C/COS(C)(=O)=O)[CH2]CC.P.P.P.P. The minimum Gasteiger partial charge on any atom is -0.153 e. The number of hydrogen-bond acceptors (Lipinski definition) is 5. The standard InChI is InChI=1S/C8H14N.C4H7O3S.4C4H9.C4H7.C3H5O.4C3H7.4CH4.4CH3.4H3P.4Sn/c1-2-6-9-7-4-3-5-8-9;1-3-4-7-8(2,5)6;5*1-3-4-2;1-2-3-4;4*1-3-2;;;;;;;;;;;;;;;;/h1-2H,3-8H2;1,3H,4H2,2H3;4*1,3-4H2,2H3;1,3H,4H2,2H3;1-2,4H,3H2;4*1,3H2,2H3;4*1H4;8*1H3;;;;. The molecule has 0 aromatic carbocycles. The van der Waals surface area contributed by atoms with E-state index in [0.717, 1.165) is 6.26 Å². The van der Waals surface area contributed by atoms with Crippen LogP contribution >= 0.6 is 39.6 Å². The number of hydrogen-bond donors (Lipinski definition) is 1. The number of aliphatic hydroxyl groups excluding tert-OH is 1. The molecule has 1 N–H and O–H groups in total. The summed E-state index contributed by atoms with van der Waals surface area (Å²) in [6.07, 6.45) is 31.6. The van der Waals surface area contributed by atoms with Crippen LogP contribution in [0.2, 0.25) is 55.3 Å². The molecule has 14 heteroatoms. The topological polar surface area (TPSA) is 66.8 Å². The van der Waals surface area contributed by atoms with Crippen molar-refractivity contribution in [3.63, 3.8) is 0 Å². The van der Waals surface area contributed by atoms with E-state index in [-0.39, 0.29) is 82.5 Å². The van der Waals surface area contributed by atoms with Gasteiger partial charge in [0.1, 0.15) is 0 Å². The van der Waals surface area contributed by atoms with E-state index in [9.17, 15) is 8.42 Å². The second kappa shape index (κ2) is 64.2. The molecule has 8 unspecified atom stereocenters. The van der Waals surface area contributed by atoms with Crippen LogP contribution in [0.15, 0.2) is 40.7 Å². The van der Waals surface area contributed by atoms with Gasteiger partial charge in [0, 0.05) is 0 Å². The Hall–Kier alpha value is 3.70. The zero-order chi connectivity index (χ0) is 46.9. The van der Waals surface area contributed by atoms with E-state index in [0.29, 0.717) is 0 Å². The largest absolute Gasteiger partial charge is 0.153 e. The van der Waals surface area contributed by atoms with Crippen molar-refractivity contribution in [2.75, 3.05) is 39.1 Å². The van der Waals surface area contributed by atoms with Gasteiger partial charge in [-0.15, -0.1) is 0 Å². The Morgan fingerprint density at radius 2 is 0.768 bits per heavy atom. The van der Waals surface area contributed by atoms with Gasteiger partial charge in [-0.3, -0.25) is 0 Å². The van der Waals surface area contributed by atoms with Gasteiger partial charge in [-0.1, -0.05) is 29.7 Å². The summed E-state index contributed by atoms with van der Waals surface area (Å²) in [6.45, 7) is 24.9. The van der Waals surface area contributed by atoms with Gasteiger partial charge in [-0.25, -0.2) is 0 Å². The minimum atomic E-state index is -3.30. The molecule has 5 nitrogen and oxygen atoms in total. The molecule has 0 aliphatic carbocycles. The van der Waals surface area contributed by atoms with Gasteiger partial charge in [0.25, 0.3) is 0 Å². The van der Waals surface area contributed by atoms with E-state index in [4.69, 9.17) is 9.29 Å². The van der Waals surface area contributed by atoms with Crippen molar-refractivity contribution in [2.45, 2.75) is 250 Å². The molecule has 8 atom stereocenters. The van der Waals surface area contributed by atoms with Crippen molar-refractivity contribution in [1.29, 1.82) is 0 Å². The summed E-state index contributed by atoms with van der Waals surface area (Å²) < 4.78 is 48.2. The number of nitrogens with zero attached hydrogens (tertiary/aromatic N) is 1. The molecule has 0 aromatic rings. The molecule has 1 rings (SSSR count). The molecule has 428 valence electrons. The van der Waals surface area contributed by atoms with Crippen LogP contribution in [0, 0.1) is 0 Å². The van der Waals surface area contributed by atoms with Crippen LogP contribution in [-0.4, -0.2) is 131 Å². The number of unbranched alkanes of at least 4 members (excludes halogenated alkanes) is 4. The van der Waals surface area contributed by atoms with Crippen LogP contribution < -0.4 is 0 Å². The Bertz CT molecular complexity index is 1200.